The molecule has 2 rings (SSSR count). The topological polar surface area (TPSA) is 46.3 Å². The van der Waals surface area contributed by atoms with Crippen LogP contribution in [0.15, 0.2) is 0 Å². The summed E-state index contributed by atoms with van der Waals surface area (Å²) < 4.78 is 0. The van der Waals surface area contributed by atoms with Crippen LogP contribution in [-0.4, -0.2) is 29.9 Å². The number of likely N-dealkylation sites (tertiary alicyclic amines) is 1. The van der Waals surface area contributed by atoms with Crippen molar-refractivity contribution >= 4 is 18.3 Å². The Hall–Kier alpha value is -0.280. The van der Waals surface area contributed by atoms with Crippen molar-refractivity contribution in [1.82, 2.24) is 4.90 Å². The molecule has 0 aromatic heterocycles. The van der Waals surface area contributed by atoms with Crippen LogP contribution in [0.5, 0.6) is 0 Å². The number of amides is 1. The van der Waals surface area contributed by atoms with Crippen molar-refractivity contribution in [2.75, 3.05) is 13.1 Å². The minimum Gasteiger partial charge on any atom is -0.342 e. The van der Waals surface area contributed by atoms with Gasteiger partial charge in [0.1, 0.15) is 0 Å². The minimum absolute atomic E-state index is 0. The van der Waals surface area contributed by atoms with Gasteiger partial charge in [-0.3, -0.25) is 4.79 Å². The average molecular weight is 261 g/mol. The van der Waals surface area contributed by atoms with Crippen molar-refractivity contribution < 1.29 is 4.79 Å². The summed E-state index contributed by atoms with van der Waals surface area (Å²) in [5, 5.41) is 0. The standard InChI is InChI=1S/C13H24N2O.ClH/c1-12(2)9-15(8-5-10(12)14)11(16)13(3)6-4-7-13;/h10H,4-9,14H2,1-3H3;1H. The van der Waals surface area contributed by atoms with Gasteiger partial charge >= 0.3 is 0 Å². The van der Waals surface area contributed by atoms with E-state index in [2.05, 4.69) is 20.8 Å². The number of hydrogen-bond donors (Lipinski definition) is 1. The highest BCUT2D eigenvalue weighted by Crippen LogP contribution is 2.43. The van der Waals surface area contributed by atoms with Crippen molar-refractivity contribution in [3.05, 3.63) is 0 Å². The van der Waals surface area contributed by atoms with E-state index in [0.29, 0.717) is 5.91 Å². The van der Waals surface area contributed by atoms with Crippen molar-refractivity contribution in [3.63, 3.8) is 0 Å². The summed E-state index contributed by atoms with van der Waals surface area (Å²) in [4.78, 5) is 14.4. The van der Waals surface area contributed by atoms with Gasteiger partial charge in [0.05, 0.1) is 0 Å². The normalized spacial score (nSPS) is 30.1. The lowest BCUT2D eigenvalue weighted by molar-refractivity contribution is -0.149. The predicted octanol–water partition coefficient (Wildman–Crippen LogP) is 2.18. The maximum absolute atomic E-state index is 12.4. The molecular formula is C13H25ClN2O. The van der Waals surface area contributed by atoms with Crippen LogP contribution >= 0.6 is 12.4 Å². The molecule has 3 nitrogen and oxygen atoms in total. The highest BCUT2D eigenvalue weighted by molar-refractivity contribution is 5.85. The molecule has 4 heteroatoms. The predicted molar refractivity (Wildman–Crippen MR) is 72.2 cm³/mol. The molecule has 1 amide bonds. The third-order valence-corrected chi connectivity index (χ3v) is 4.57. The molecule has 2 aliphatic rings. The van der Waals surface area contributed by atoms with Crippen LogP contribution in [0.1, 0.15) is 46.5 Å². The Balaban J connectivity index is 0.00000144. The molecule has 1 aliphatic heterocycles. The van der Waals surface area contributed by atoms with E-state index in [9.17, 15) is 4.79 Å². The van der Waals surface area contributed by atoms with Crippen molar-refractivity contribution in [3.8, 4) is 0 Å². The van der Waals surface area contributed by atoms with E-state index in [1.165, 1.54) is 6.42 Å². The van der Waals surface area contributed by atoms with Crippen molar-refractivity contribution in [2.24, 2.45) is 16.6 Å². The molecule has 0 spiro atoms. The first-order chi connectivity index (χ1) is 7.35. The summed E-state index contributed by atoms with van der Waals surface area (Å²) in [6.45, 7) is 8.11. The fourth-order valence-corrected chi connectivity index (χ4v) is 2.85. The Morgan fingerprint density at radius 3 is 2.29 bits per heavy atom. The van der Waals surface area contributed by atoms with E-state index >= 15 is 0 Å². The van der Waals surface area contributed by atoms with E-state index in [1.807, 2.05) is 4.90 Å². The number of hydrogen-bond acceptors (Lipinski definition) is 2. The van der Waals surface area contributed by atoms with Crippen molar-refractivity contribution in [1.29, 1.82) is 0 Å². The van der Waals surface area contributed by atoms with E-state index in [-0.39, 0.29) is 29.3 Å². The zero-order valence-corrected chi connectivity index (χ0v) is 12.0. The molecule has 0 bridgehead atoms. The molecule has 1 saturated carbocycles. The van der Waals surface area contributed by atoms with Gasteiger partial charge in [0.15, 0.2) is 0 Å². The number of nitrogens with zero attached hydrogens (tertiary/aromatic N) is 1. The van der Waals surface area contributed by atoms with Gasteiger partial charge in [-0.1, -0.05) is 27.2 Å². The van der Waals surface area contributed by atoms with Crippen LogP contribution in [-0.2, 0) is 4.79 Å². The first kappa shape index (κ1) is 14.8. The highest BCUT2D eigenvalue weighted by Gasteiger charge is 2.44. The molecule has 100 valence electrons. The van der Waals surface area contributed by atoms with Crippen LogP contribution < -0.4 is 5.73 Å². The Morgan fingerprint density at radius 2 is 1.88 bits per heavy atom. The van der Waals surface area contributed by atoms with Gasteiger partial charge in [-0.25, -0.2) is 0 Å². The molecule has 0 aromatic rings. The molecule has 1 aliphatic carbocycles. The zero-order chi connectivity index (χ0) is 12.0. The molecule has 1 saturated heterocycles. The van der Waals surface area contributed by atoms with E-state index in [4.69, 9.17) is 5.73 Å². The first-order valence-electron chi connectivity index (χ1n) is 6.40. The Kier molecular flexibility index (Phi) is 4.15. The summed E-state index contributed by atoms with van der Waals surface area (Å²) in [7, 11) is 0. The van der Waals surface area contributed by atoms with Gasteiger partial charge in [0, 0.05) is 24.5 Å². The summed E-state index contributed by atoms with van der Waals surface area (Å²) in [6, 6.07) is 0.228. The van der Waals surface area contributed by atoms with Crippen LogP contribution in [0.4, 0.5) is 0 Å². The molecule has 1 atom stereocenters. The number of piperidine rings is 1. The lowest BCUT2D eigenvalue weighted by Crippen LogP contribution is -2.57. The summed E-state index contributed by atoms with van der Waals surface area (Å²) in [6.07, 6.45) is 4.28. The molecule has 17 heavy (non-hydrogen) atoms. The molecule has 2 fully saturated rings. The van der Waals surface area contributed by atoms with Gasteiger partial charge in [-0.2, -0.15) is 0 Å². The third kappa shape index (κ3) is 2.60. The molecule has 0 aromatic carbocycles. The molecule has 1 heterocycles. The SMILES string of the molecule is CC1(C(=O)N2CCC(N)C(C)(C)C2)CCC1.Cl. The number of nitrogens with two attached hydrogens (primary N) is 1. The summed E-state index contributed by atoms with van der Waals surface area (Å²) >= 11 is 0. The van der Waals surface area contributed by atoms with Crippen LogP contribution in [0.25, 0.3) is 0 Å². The van der Waals surface area contributed by atoms with Crippen LogP contribution in [0.2, 0.25) is 0 Å². The van der Waals surface area contributed by atoms with Crippen LogP contribution in [0, 0.1) is 10.8 Å². The molecular weight excluding hydrogens is 236 g/mol. The van der Waals surface area contributed by atoms with Gasteiger partial charge in [-0.05, 0) is 24.7 Å². The fraction of sp³-hybridized carbons (Fsp3) is 0.923. The van der Waals surface area contributed by atoms with E-state index < -0.39 is 0 Å². The lowest BCUT2D eigenvalue weighted by Gasteiger charge is -2.47. The Morgan fingerprint density at radius 1 is 1.29 bits per heavy atom. The minimum atomic E-state index is -0.0580. The number of rotatable bonds is 1. The number of carbonyl (C=O) groups excluding carboxylic acids is 1. The average Bonchev–Trinajstić information content (AvgIpc) is 2.17. The van der Waals surface area contributed by atoms with Crippen molar-refractivity contribution in [2.45, 2.75) is 52.5 Å². The summed E-state index contributed by atoms with van der Waals surface area (Å²) in [5.74, 6) is 0.360. The fourth-order valence-electron chi connectivity index (χ4n) is 2.85. The second-order valence-corrected chi connectivity index (χ2v) is 6.52. The number of halogens is 1. The van der Waals surface area contributed by atoms with Gasteiger partial charge in [0.25, 0.3) is 0 Å². The Bertz CT molecular complexity index is 300. The van der Waals surface area contributed by atoms with Crippen LogP contribution in [0.3, 0.4) is 0 Å². The molecule has 2 N–H and O–H groups in total. The third-order valence-electron chi connectivity index (χ3n) is 4.57. The summed E-state index contributed by atoms with van der Waals surface area (Å²) in [5.41, 5.74) is 6.10. The molecule has 0 radical (unpaired) electrons. The maximum atomic E-state index is 12.4. The largest absolute Gasteiger partial charge is 0.342 e. The number of carbonyl (C=O) groups is 1. The molecule has 1 unspecified atom stereocenters. The quantitative estimate of drug-likeness (QED) is 0.786. The highest BCUT2D eigenvalue weighted by atomic mass is 35.5. The van der Waals surface area contributed by atoms with Gasteiger partial charge in [0.2, 0.25) is 5.91 Å². The second kappa shape index (κ2) is 4.77. The van der Waals surface area contributed by atoms with Gasteiger partial charge in [-0.15, -0.1) is 12.4 Å². The second-order valence-electron chi connectivity index (χ2n) is 6.52. The zero-order valence-electron chi connectivity index (χ0n) is 11.2. The first-order valence-corrected chi connectivity index (χ1v) is 6.40. The van der Waals surface area contributed by atoms with Gasteiger partial charge < -0.3 is 10.6 Å². The maximum Gasteiger partial charge on any atom is 0.228 e. The smallest absolute Gasteiger partial charge is 0.228 e. The monoisotopic (exact) mass is 260 g/mol. The lowest BCUT2D eigenvalue weighted by atomic mass is 9.68. The van der Waals surface area contributed by atoms with E-state index in [1.54, 1.807) is 0 Å². The Labute approximate surface area is 111 Å². The van der Waals surface area contributed by atoms with E-state index in [0.717, 1.165) is 32.4 Å².